The Kier molecular flexibility index (Phi) is 3.24. The summed E-state index contributed by atoms with van der Waals surface area (Å²) in [5.41, 5.74) is 0.751. The van der Waals surface area contributed by atoms with Crippen molar-refractivity contribution in [2.24, 2.45) is 0 Å². The zero-order valence-corrected chi connectivity index (χ0v) is 12.5. The number of ether oxygens (including phenoxy) is 1. The van der Waals surface area contributed by atoms with E-state index in [4.69, 9.17) is 4.74 Å². The van der Waals surface area contributed by atoms with Gasteiger partial charge in [0.1, 0.15) is 11.5 Å². The van der Waals surface area contributed by atoms with Crippen molar-refractivity contribution in [1.82, 2.24) is 0 Å². The SMILES string of the molecule is CC(O)(C1C2=C(C=CC(=O)C2)Oc2ccccc21)S(=O)(=O)O. The second-order valence-electron chi connectivity index (χ2n) is 5.47. The highest BCUT2D eigenvalue weighted by molar-refractivity contribution is 7.87. The number of aliphatic hydroxyl groups is 1. The predicted molar refractivity (Wildman–Crippen MR) is 77.8 cm³/mol. The van der Waals surface area contributed by atoms with Crippen LogP contribution in [0.4, 0.5) is 0 Å². The summed E-state index contributed by atoms with van der Waals surface area (Å²) < 4.78 is 38.4. The average Bonchev–Trinajstić information content (AvgIpc) is 2.43. The number of carbonyl (C=O) groups excluding carboxylic acids is 1. The third-order valence-corrected chi connectivity index (χ3v) is 5.24. The van der Waals surface area contributed by atoms with E-state index >= 15 is 0 Å². The number of fused-ring (bicyclic) bond motifs is 1. The zero-order valence-electron chi connectivity index (χ0n) is 11.7. The standard InChI is InChI=1S/C15H14O6S/c1-15(17,22(18,19)20)14-10-4-2-3-5-12(10)21-13-7-6-9(16)8-11(13)14/h2-7,14,17H,8H2,1H3,(H,18,19,20). The van der Waals surface area contributed by atoms with Gasteiger partial charge in [-0.15, -0.1) is 0 Å². The van der Waals surface area contributed by atoms with Crippen LogP contribution in [0.5, 0.6) is 5.75 Å². The number of allylic oxidation sites excluding steroid dienone is 2. The Balaban J connectivity index is 2.26. The number of hydrogen-bond donors (Lipinski definition) is 2. The topological polar surface area (TPSA) is 101 Å². The minimum atomic E-state index is -4.78. The maximum atomic E-state index is 11.7. The van der Waals surface area contributed by atoms with Gasteiger partial charge in [-0.25, -0.2) is 0 Å². The van der Waals surface area contributed by atoms with Gasteiger partial charge in [0.05, 0.1) is 5.92 Å². The molecule has 0 aromatic heterocycles. The summed E-state index contributed by atoms with van der Waals surface area (Å²) in [5, 5.41) is 10.5. The maximum absolute atomic E-state index is 11.7. The van der Waals surface area contributed by atoms with E-state index in [9.17, 15) is 22.9 Å². The molecular weight excluding hydrogens is 308 g/mol. The van der Waals surface area contributed by atoms with Crippen LogP contribution < -0.4 is 4.74 Å². The highest BCUT2D eigenvalue weighted by Gasteiger charge is 2.50. The average molecular weight is 322 g/mol. The van der Waals surface area contributed by atoms with Gasteiger partial charge in [-0.05, 0) is 30.7 Å². The normalized spacial score (nSPS) is 23.4. The number of para-hydroxylation sites is 1. The van der Waals surface area contributed by atoms with E-state index in [1.165, 1.54) is 12.2 Å². The molecule has 116 valence electrons. The molecule has 0 saturated heterocycles. The molecule has 1 heterocycles. The van der Waals surface area contributed by atoms with Crippen molar-refractivity contribution in [3.05, 3.63) is 53.3 Å². The Labute approximate surface area is 127 Å². The molecular formula is C15H14O6S. The predicted octanol–water partition coefficient (Wildman–Crippen LogP) is 1.54. The van der Waals surface area contributed by atoms with Crippen LogP contribution >= 0.6 is 0 Å². The maximum Gasteiger partial charge on any atom is 0.295 e. The van der Waals surface area contributed by atoms with Crippen molar-refractivity contribution < 1.29 is 27.6 Å². The van der Waals surface area contributed by atoms with Gasteiger partial charge < -0.3 is 9.84 Å². The van der Waals surface area contributed by atoms with Crippen molar-refractivity contribution in [3.8, 4) is 5.75 Å². The first-order valence-electron chi connectivity index (χ1n) is 6.62. The third kappa shape index (κ3) is 2.18. The molecule has 1 aliphatic carbocycles. The van der Waals surface area contributed by atoms with Gasteiger partial charge in [0.2, 0.25) is 0 Å². The summed E-state index contributed by atoms with van der Waals surface area (Å²) >= 11 is 0. The van der Waals surface area contributed by atoms with Gasteiger partial charge in [0.25, 0.3) is 10.1 Å². The molecule has 0 fully saturated rings. The number of benzene rings is 1. The van der Waals surface area contributed by atoms with Crippen LogP contribution in [-0.2, 0) is 14.9 Å². The van der Waals surface area contributed by atoms with Gasteiger partial charge in [-0.2, -0.15) is 8.42 Å². The summed E-state index contributed by atoms with van der Waals surface area (Å²) in [5.74, 6) is -0.601. The highest BCUT2D eigenvalue weighted by atomic mass is 32.2. The second-order valence-corrected chi connectivity index (χ2v) is 7.25. The van der Waals surface area contributed by atoms with Crippen LogP contribution in [0.15, 0.2) is 47.7 Å². The Morgan fingerprint density at radius 3 is 2.64 bits per heavy atom. The monoisotopic (exact) mass is 322 g/mol. The molecule has 2 aliphatic rings. The minimum absolute atomic E-state index is 0.0729. The number of hydrogen-bond acceptors (Lipinski definition) is 5. The zero-order chi connectivity index (χ0) is 16.1. The lowest BCUT2D eigenvalue weighted by atomic mass is 9.80. The quantitative estimate of drug-likeness (QED) is 0.801. The molecule has 7 heteroatoms. The third-order valence-electron chi connectivity index (χ3n) is 3.96. The minimum Gasteiger partial charge on any atom is -0.457 e. The van der Waals surface area contributed by atoms with Crippen LogP contribution in [0.3, 0.4) is 0 Å². The number of ketones is 1. The fraction of sp³-hybridized carbons (Fsp3) is 0.267. The first kappa shape index (κ1) is 15.0. The van der Waals surface area contributed by atoms with Crippen molar-refractivity contribution in [3.63, 3.8) is 0 Å². The molecule has 6 nitrogen and oxygen atoms in total. The summed E-state index contributed by atoms with van der Waals surface area (Å²) in [6, 6.07) is 6.62. The Morgan fingerprint density at radius 2 is 1.95 bits per heavy atom. The molecule has 0 radical (unpaired) electrons. The van der Waals surface area contributed by atoms with Crippen LogP contribution in [0.1, 0.15) is 24.8 Å². The fourth-order valence-corrected chi connectivity index (χ4v) is 3.40. The van der Waals surface area contributed by atoms with E-state index in [1.807, 2.05) is 0 Å². The van der Waals surface area contributed by atoms with E-state index in [1.54, 1.807) is 24.3 Å². The van der Waals surface area contributed by atoms with Gasteiger partial charge >= 0.3 is 0 Å². The molecule has 3 rings (SSSR count). The van der Waals surface area contributed by atoms with E-state index in [-0.39, 0.29) is 12.2 Å². The molecule has 0 spiro atoms. The number of rotatable bonds is 2. The van der Waals surface area contributed by atoms with Gasteiger partial charge in [0, 0.05) is 12.0 Å². The second kappa shape index (κ2) is 4.77. The molecule has 2 unspecified atom stereocenters. The summed E-state index contributed by atoms with van der Waals surface area (Å²) in [6.45, 7) is 1.02. The van der Waals surface area contributed by atoms with Crippen molar-refractivity contribution >= 4 is 15.9 Å². The van der Waals surface area contributed by atoms with Crippen LogP contribution in [0, 0.1) is 0 Å². The molecule has 0 saturated carbocycles. The molecule has 0 amide bonds. The van der Waals surface area contributed by atoms with Crippen molar-refractivity contribution in [1.29, 1.82) is 0 Å². The van der Waals surface area contributed by atoms with Crippen LogP contribution in [0.25, 0.3) is 0 Å². The van der Waals surface area contributed by atoms with Gasteiger partial charge in [-0.1, -0.05) is 18.2 Å². The lowest BCUT2D eigenvalue weighted by Crippen LogP contribution is -2.44. The van der Waals surface area contributed by atoms with Crippen LogP contribution in [-0.4, -0.2) is 28.8 Å². The fourth-order valence-electron chi connectivity index (χ4n) is 2.83. The Morgan fingerprint density at radius 1 is 1.27 bits per heavy atom. The van der Waals surface area contributed by atoms with E-state index in [2.05, 4.69) is 0 Å². The van der Waals surface area contributed by atoms with E-state index in [0.717, 1.165) is 6.92 Å². The molecule has 1 aliphatic heterocycles. The first-order chi connectivity index (χ1) is 10.2. The number of carbonyl (C=O) groups is 1. The smallest absolute Gasteiger partial charge is 0.295 e. The molecule has 1 aromatic rings. The summed E-state index contributed by atoms with van der Waals surface area (Å²) in [4.78, 5) is 9.21. The lowest BCUT2D eigenvalue weighted by Gasteiger charge is -2.37. The molecule has 1 aromatic carbocycles. The van der Waals surface area contributed by atoms with Crippen molar-refractivity contribution in [2.75, 3.05) is 0 Å². The largest absolute Gasteiger partial charge is 0.457 e. The molecule has 2 N–H and O–H groups in total. The Bertz CT molecular complexity index is 816. The van der Waals surface area contributed by atoms with E-state index in [0.29, 0.717) is 22.6 Å². The summed E-state index contributed by atoms with van der Waals surface area (Å²) in [6.07, 6.45) is 2.71. The Hall–Kier alpha value is -1.96. The van der Waals surface area contributed by atoms with Crippen LogP contribution in [0.2, 0.25) is 0 Å². The van der Waals surface area contributed by atoms with Gasteiger partial charge in [-0.3, -0.25) is 9.35 Å². The van der Waals surface area contributed by atoms with E-state index < -0.39 is 21.0 Å². The summed E-state index contributed by atoms with van der Waals surface area (Å²) in [7, 11) is -4.78. The van der Waals surface area contributed by atoms with Crippen molar-refractivity contribution in [2.45, 2.75) is 24.2 Å². The molecule has 2 atom stereocenters. The lowest BCUT2D eigenvalue weighted by molar-refractivity contribution is -0.114. The first-order valence-corrected chi connectivity index (χ1v) is 8.06. The molecule has 22 heavy (non-hydrogen) atoms. The highest BCUT2D eigenvalue weighted by Crippen LogP contribution is 2.48. The van der Waals surface area contributed by atoms with Gasteiger partial charge in [0.15, 0.2) is 10.7 Å². The molecule has 0 bridgehead atoms.